The van der Waals surface area contributed by atoms with E-state index in [2.05, 4.69) is 15.6 Å². The van der Waals surface area contributed by atoms with Crippen LogP contribution in [0, 0.1) is 13.8 Å². The third-order valence-electron chi connectivity index (χ3n) is 6.10. The number of hydrogen-bond donors (Lipinski definition) is 2. The van der Waals surface area contributed by atoms with Crippen molar-refractivity contribution in [3.63, 3.8) is 0 Å². The number of hydrogen-bond acceptors (Lipinski definition) is 6. The van der Waals surface area contributed by atoms with Gasteiger partial charge in [-0.1, -0.05) is 46.9 Å². The average Bonchev–Trinajstić information content (AvgIpc) is 3.44. The fraction of sp³-hybridized carbons (Fsp3) is 0.0714. The van der Waals surface area contributed by atoms with Crippen LogP contribution in [0.2, 0.25) is 10.0 Å². The number of nitrogens with zero attached hydrogens (tertiary/aromatic N) is 2. The summed E-state index contributed by atoms with van der Waals surface area (Å²) >= 11 is 19.8. The van der Waals surface area contributed by atoms with E-state index in [-0.39, 0.29) is 10.7 Å². The summed E-state index contributed by atoms with van der Waals surface area (Å²) in [5.41, 5.74) is 4.35. The third-order valence-corrected chi connectivity index (χ3v) is 7.76. The number of rotatable bonds is 6. The van der Waals surface area contributed by atoms with Crippen LogP contribution in [0.1, 0.15) is 21.5 Å². The molecule has 7 nitrogen and oxygen atoms in total. The van der Waals surface area contributed by atoms with E-state index in [9.17, 15) is 14.4 Å². The summed E-state index contributed by atoms with van der Waals surface area (Å²) in [6.07, 6.45) is 0. The summed E-state index contributed by atoms with van der Waals surface area (Å²) in [6, 6.07) is 16.9. The van der Waals surface area contributed by atoms with Crippen LogP contribution in [0.3, 0.4) is 0 Å². The SMILES string of the molecule is Cc1ccc(N2C(=O)C(Cl)=C(Nc3cccc(C(=O)Nc4nc(-c5ccc(Cl)cc5Cl)cs4)c3)C2=O)cc1C. The Morgan fingerprint density at radius 1 is 0.923 bits per heavy atom. The number of aryl methyl sites for hydroxylation is 2. The lowest BCUT2D eigenvalue weighted by molar-refractivity contribution is -0.120. The smallest absolute Gasteiger partial charge is 0.283 e. The summed E-state index contributed by atoms with van der Waals surface area (Å²) in [7, 11) is 0. The molecule has 0 radical (unpaired) electrons. The molecule has 0 fully saturated rings. The topological polar surface area (TPSA) is 91.4 Å². The molecule has 4 aromatic rings. The molecule has 1 aliphatic rings. The number of amides is 3. The number of anilines is 3. The molecule has 0 unspecified atom stereocenters. The highest BCUT2D eigenvalue weighted by Gasteiger charge is 2.39. The largest absolute Gasteiger partial charge is 0.350 e. The molecule has 0 bridgehead atoms. The third kappa shape index (κ3) is 5.42. The minimum absolute atomic E-state index is 0.0677. The Morgan fingerprint density at radius 2 is 1.72 bits per heavy atom. The van der Waals surface area contributed by atoms with Gasteiger partial charge < -0.3 is 5.32 Å². The second-order valence-corrected chi connectivity index (χ2v) is 10.8. The molecule has 2 N–H and O–H groups in total. The van der Waals surface area contributed by atoms with Gasteiger partial charge in [0, 0.05) is 27.2 Å². The highest BCUT2D eigenvalue weighted by molar-refractivity contribution is 7.14. The van der Waals surface area contributed by atoms with Gasteiger partial charge in [0.1, 0.15) is 10.7 Å². The van der Waals surface area contributed by atoms with Crippen molar-refractivity contribution < 1.29 is 14.4 Å². The van der Waals surface area contributed by atoms with Crippen molar-refractivity contribution in [1.29, 1.82) is 0 Å². The molecule has 1 aliphatic heterocycles. The molecule has 0 spiro atoms. The molecule has 0 atom stereocenters. The van der Waals surface area contributed by atoms with Crippen molar-refractivity contribution in [1.82, 2.24) is 4.98 Å². The van der Waals surface area contributed by atoms with Crippen molar-refractivity contribution in [2.45, 2.75) is 13.8 Å². The second-order valence-electron chi connectivity index (χ2n) is 8.73. The van der Waals surface area contributed by atoms with Gasteiger partial charge >= 0.3 is 0 Å². The number of carbonyl (C=O) groups excluding carboxylic acids is 3. The maximum absolute atomic E-state index is 13.1. The van der Waals surface area contributed by atoms with Gasteiger partial charge in [0.2, 0.25) is 0 Å². The lowest BCUT2D eigenvalue weighted by atomic mass is 10.1. The van der Waals surface area contributed by atoms with E-state index in [4.69, 9.17) is 34.8 Å². The fourth-order valence-electron chi connectivity index (χ4n) is 3.91. The fourth-order valence-corrected chi connectivity index (χ4v) is 5.34. The molecule has 11 heteroatoms. The predicted octanol–water partition coefficient (Wildman–Crippen LogP) is 7.42. The number of halogens is 3. The van der Waals surface area contributed by atoms with Crippen LogP contribution < -0.4 is 15.5 Å². The van der Waals surface area contributed by atoms with Gasteiger partial charge in [-0.05, 0) is 73.5 Å². The summed E-state index contributed by atoms with van der Waals surface area (Å²) in [5.74, 6) is -1.62. The zero-order valence-electron chi connectivity index (χ0n) is 20.5. The lowest BCUT2D eigenvalue weighted by Crippen LogP contribution is -2.32. The van der Waals surface area contributed by atoms with Crippen LogP contribution in [-0.2, 0) is 9.59 Å². The first-order valence-corrected chi connectivity index (χ1v) is 13.6. The van der Waals surface area contributed by atoms with E-state index in [1.165, 1.54) is 11.3 Å². The number of nitrogens with one attached hydrogen (secondary N) is 2. The molecule has 3 aromatic carbocycles. The summed E-state index contributed by atoms with van der Waals surface area (Å²) in [4.78, 5) is 44.4. The van der Waals surface area contributed by atoms with Crippen LogP contribution in [0.5, 0.6) is 0 Å². The first kappa shape index (κ1) is 26.9. The normalized spacial score (nSPS) is 13.3. The van der Waals surface area contributed by atoms with E-state index in [1.54, 1.807) is 60.0 Å². The number of imide groups is 1. The Morgan fingerprint density at radius 3 is 2.46 bits per heavy atom. The van der Waals surface area contributed by atoms with Crippen LogP contribution in [0.4, 0.5) is 16.5 Å². The van der Waals surface area contributed by atoms with Crippen LogP contribution in [-0.4, -0.2) is 22.7 Å². The van der Waals surface area contributed by atoms with Crippen molar-refractivity contribution in [2.24, 2.45) is 0 Å². The van der Waals surface area contributed by atoms with Crippen molar-refractivity contribution in [3.05, 3.63) is 104 Å². The van der Waals surface area contributed by atoms with Gasteiger partial charge in [-0.15, -0.1) is 11.3 Å². The Balaban J connectivity index is 1.32. The zero-order valence-corrected chi connectivity index (χ0v) is 23.6. The molecular formula is C28H19Cl3N4O3S. The van der Waals surface area contributed by atoms with Gasteiger partial charge in [-0.3, -0.25) is 19.7 Å². The minimum atomic E-state index is -0.623. The monoisotopic (exact) mass is 596 g/mol. The van der Waals surface area contributed by atoms with Gasteiger partial charge in [0.15, 0.2) is 5.13 Å². The quantitative estimate of drug-likeness (QED) is 0.226. The number of thiazole rings is 1. The van der Waals surface area contributed by atoms with E-state index in [0.717, 1.165) is 16.0 Å². The summed E-state index contributed by atoms with van der Waals surface area (Å²) < 4.78 is 0. The molecule has 5 rings (SSSR count). The minimum Gasteiger partial charge on any atom is -0.350 e. The number of benzene rings is 3. The molecule has 0 saturated carbocycles. The molecule has 1 aromatic heterocycles. The molecule has 0 saturated heterocycles. The van der Waals surface area contributed by atoms with Gasteiger partial charge in [-0.2, -0.15) is 0 Å². The lowest BCUT2D eigenvalue weighted by Gasteiger charge is -2.16. The molecule has 0 aliphatic carbocycles. The number of carbonyl (C=O) groups is 3. The van der Waals surface area contributed by atoms with Crippen molar-refractivity contribution in [2.75, 3.05) is 15.5 Å². The molecule has 3 amide bonds. The zero-order chi connectivity index (χ0) is 27.8. The van der Waals surface area contributed by atoms with Crippen LogP contribution >= 0.6 is 46.1 Å². The predicted molar refractivity (Wildman–Crippen MR) is 157 cm³/mol. The highest BCUT2D eigenvalue weighted by atomic mass is 35.5. The molecular weight excluding hydrogens is 579 g/mol. The summed E-state index contributed by atoms with van der Waals surface area (Å²) in [6.45, 7) is 3.84. The van der Waals surface area contributed by atoms with Gasteiger partial charge in [-0.25, -0.2) is 9.88 Å². The van der Waals surface area contributed by atoms with Gasteiger partial charge in [0.05, 0.1) is 16.4 Å². The highest BCUT2D eigenvalue weighted by Crippen LogP contribution is 2.33. The summed E-state index contributed by atoms with van der Waals surface area (Å²) in [5, 5.41) is 8.57. The first-order valence-electron chi connectivity index (χ1n) is 11.6. The van der Waals surface area contributed by atoms with Crippen LogP contribution in [0.15, 0.2) is 76.8 Å². The van der Waals surface area contributed by atoms with E-state index >= 15 is 0 Å². The Hall–Kier alpha value is -3.69. The Labute approximate surface area is 243 Å². The average molecular weight is 598 g/mol. The molecule has 2 heterocycles. The standard InChI is InChI=1S/C28H19Cl3N4O3S/c1-14-6-8-19(10-15(14)2)35-26(37)23(31)24(27(35)38)32-18-5-3-4-16(11-18)25(36)34-28-33-22(13-39-28)20-9-7-17(29)12-21(20)30/h3-13,32H,1-2H3,(H,33,34,36). The van der Waals surface area contributed by atoms with Crippen molar-refractivity contribution in [3.8, 4) is 11.3 Å². The van der Waals surface area contributed by atoms with E-state index < -0.39 is 17.7 Å². The van der Waals surface area contributed by atoms with Gasteiger partial charge in [0.25, 0.3) is 17.7 Å². The first-order chi connectivity index (χ1) is 18.6. The maximum atomic E-state index is 13.1. The van der Waals surface area contributed by atoms with Crippen LogP contribution in [0.25, 0.3) is 11.3 Å². The van der Waals surface area contributed by atoms with E-state index in [0.29, 0.717) is 43.4 Å². The van der Waals surface area contributed by atoms with E-state index in [1.807, 2.05) is 19.9 Å². The Kier molecular flexibility index (Phi) is 7.46. The molecule has 39 heavy (non-hydrogen) atoms. The van der Waals surface area contributed by atoms with Crippen molar-refractivity contribution >= 4 is 80.4 Å². The Bertz CT molecular complexity index is 1700. The second kappa shape index (κ2) is 10.8. The molecule has 196 valence electrons. The number of aromatic nitrogens is 1. The maximum Gasteiger partial charge on any atom is 0.283 e.